The molecule has 0 saturated heterocycles. The van der Waals surface area contributed by atoms with Gasteiger partial charge < -0.3 is 0 Å². The molecule has 0 radical (unpaired) electrons. The maximum absolute atomic E-state index is 2.22. The summed E-state index contributed by atoms with van der Waals surface area (Å²) in [6.07, 6.45) is 5.64. The zero-order valence-corrected chi connectivity index (χ0v) is 4.86. The molecule has 1 aliphatic rings. The quantitative estimate of drug-likeness (QED) is 0.467. The van der Waals surface area contributed by atoms with Crippen molar-refractivity contribution in [3.63, 3.8) is 0 Å². The highest BCUT2D eigenvalue weighted by Crippen LogP contribution is 2.18. The summed E-state index contributed by atoms with van der Waals surface area (Å²) in [7, 11) is 0. The second-order valence-electron chi connectivity index (χ2n) is 1.96. The van der Waals surface area contributed by atoms with Crippen LogP contribution in [0.2, 0.25) is 0 Å². The van der Waals surface area contributed by atoms with Gasteiger partial charge in [0.25, 0.3) is 0 Å². The smallest absolute Gasteiger partial charge is 0.0307 e. The lowest BCUT2D eigenvalue weighted by atomic mass is 9.99. The predicted molar refractivity (Wildman–Crippen MR) is 32.1 cm³/mol. The van der Waals surface area contributed by atoms with Crippen LogP contribution < -0.4 is 0 Å². The topological polar surface area (TPSA) is 0 Å². The van der Waals surface area contributed by atoms with E-state index in [1.807, 2.05) is 0 Å². The van der Waals surface area contributed by atoms with Crippen LogP contribution in [0, 0.1) is 0 Å². The molecule has 0 nitrogen and oxygen atoms in total. The number of hydrogen-bond acceptors (Lipinski definition) is 0. The van der Waals surface area contributed by atoms with Crippen molar-refractivity contribution in [2.45, 2.75) is 20.3 Å². The number of allylic oxidation sites excluding steroid dienone is 4. The van der Waals surface area contributed by atoms with E-state index in [2.05, 4.69) is 26.0 Å². The lowest BCUT2D eigenvalue weighted by Gasteiger charge is -2.07. The largest absolute Gasteiger partial charge is 0.0613 e. The Morgan fingerprint density at radius 3 is 2.14 bits per heavy atom. The van der Waals surface area contributed by atoms with Crippen LogP contribution >= 0.6 is 0 Å². The molecule has 0 bridgehead atoms. The van der Waals surface area contributed by atoms with E-state index in [1.54, 1.807) is 0 Å². The van der Waals surface area contributed by atoms with Crippen LogP contribution in [0.1, 0.15) is 20.3 Å². The molecular formula is C7H10. The zero-order valence-electron chi connectivity index (χ0n) is 4.86. The highest BCUT2D eigenvalue weighted by Gasteiger charge is 1.98. The third-order valence-electron chi connectivity index (χ3n) is 1.23. The van der Waals surface area contributed by atoms with Crippen LogP contribution in [0.15, 0.2) is 23.3 Å². The average molecular weight is 94.2 g/mol. The van der Waals surface area contributed by atoms with Gasteiger partial charge in [0.2, 0.25) is 0 Å². The molecule has 0 spiro atoms. The minimum Gasteiger partial charge on any atom is -0.0613 e. The van der Waals surface area contributed by atoms with E-state index in [1.165, 1.54) is 17.6 Å². The standard InChI is InChI=1S/C7H10/c1-3-7-4-6(2)5-7/h4-5H,3H2,1-2H3. The summed E-state index contributed by atoms with van der Waals surface area (Å²) >= 11 is 0. The van der Waals surface area contributed by atoms with Crippen molar-refractivity contribution in [3.8, 4) is 0 Å². The minimum absolute atomic E-state index is 1.19. The molecule has 7 heavy (non-hydrogen) atoms. The van der Waals surface area contributed by atoms with Gasteiger partial charge in [-0.15, -0.1) is 0 Å². The van der Waals surface area contributed by atoms with Crippen molar-refractivity contribution in [1.29, 1.82) is 0 Å². The molecule has 1 rings (SSSR count). The summed E-state index contributed by atoms with van der Waals surface area (Å²) in [6.45, 7) is 4.30. The second kappa shape index (κ2) is 1.53. The average Bonchev–Trinajstić information content (AvgIpc) is 1.58. The van der Waals surface area contributed by atoms with Gasteiger partial charge >= 0.3 is 0 Å². The van der Waals surface area contributed by atoms with Gasteiger partial charge in [0.15, 0.2) is 0 Å². The molecule has 0 N–H and O–H groups in total. The summed E-state index contributed by atoms with van der Waals surface area (Å²) in [5, 5.41) is 0. The molecule has 0 aromatic carbocycles. The van der Waals surface area contributed by atoms with Gasteiger partial charge in [-0.25, -0.2) is 0 Å². The van der Waals surface area contributed by atoms with Crippen LogP contribution in [-0.4, -0.2) is 0 Å². The SMILES string of the molecule is CCC1=CC(C)=C1. The van der Waals surface area contributed by atoms with E-state index in [0.29, 0.717) is 0 Å². The Balaban J connectivity index is 2.41. The molecule has 0 heterocycles. The van der Waals surface area contributed by atoms with Crippen molar-refractivity contribution in [2.24, 2.45) is 0 Å². The normalized spacial score (nSPS) is 17.4. The van der Waals surface area contributed by atoms with Crippen LogP contribution in [0.4, 0.5) is 0 Å². The van der Waals surface area contributed by atoms with Gasteiger partial charge in [0, 0.05) is 0 Å². The maximum Gasteiger partial charge on any atom is -0.0307 e. The van der Waals surface area contributed by atoms with E-state index in [4.69, 9.17) is 0 Å². The summed E-state index contributed by atoms with van der Waals surface area (Å²) in [4.78, 5) is 0. The van der Waals surface area contributed by atoms with E-state index in [0.717, 1.165) is 0 Å². The van der Waals surface area contributed by atoms with E-state index >= 15 is 0 Å². The Hall–Kier alpha value is -0.520. The Morgan fingerprint density at radius 1 is 1.43 bits per heavy atom. The third kappa shape index (κ3) is 0.738. The molecule has 0 atom stereocenters. The molecule has 0 fully saturated rings. The first-order valence-electron chi connectivity index (χ1n) is 2.72. The molecule has 38 valence electrons. The summed E-state index contributed by atoms with van der Waals surface area (Å²) < 4.78 is 0. The van der Waals surface area contributed by atoms with E-state index in [9.17, 15) is 0 Å². The molecule has 0 amide bonds. The number of rotatable bonds is 1. The minimum atomic E-state index is 1.19. The molecule has 0 aromatic rings. The highest BCUT2D eigenvalue weighted by molar-refractivity contribution is 5.42. The van der Waals surface area contributed by atoms with E-state index < -0.39 is 0 Å². The maximum atomic E-state index is 2.22. The Kier molecular flexibility index (Phi) is 1.01. The van der Waals surface area contributed by atoms with E-state index in [-0.39, 0.29) is 0 Å². The lowest BCUT2D eigenvalue weighted by molar-refractivity contribution is 1.11. The first kappa shape index (κ1) is 4.63. The molecule has 0 aromatic heterocycles. The summed E-state index contributed by atoms with van der Waals surface area (Å²) in [5.74, 6) is 0. The first-order valence-corrected chi connectivity index (χ1v) is 2.72. The lowest BCUT2D eigenvalue weighted by Crippen LogP contribution is -1.87. The summed E-state index contributed by atoms with van der Waals surface area (Å²) in [6, 6.07) is 0. The zero-order chi connectivity index (χ0) is 5.28. The Morgan fingerprint density at radius 2 is 2.00 bits per heavy atom. The second-order valence-corrected chi connectivity index (χ2v) is 1.96. The third-order valence-corrected chi connectivity index (χ3v) is 1.23. The fourth-order valence-corrected chi connectivity index (χ4v) is 0.776. The van der Waals surface area contributed by atoms with Crippen LogP contribution in [0.5, 0.6) is 0 Å². The fraction of sp³-hybridized carbons (Fsp3) is 0.429. The molecule has 0 saturated carbocycles. The van der Waals surface area contributed by atoms with Gasteiger partial charge in [-0.3, -0.25) is 0 Å². The molecule has 0 unspecified atom stereocenters. The fourth-order valence-electron chi connectivity index (χ4n) is 0.776. The monoisotopic (exact) mass is 94.1 g/mol. The predicted octanol–water partition coefficient (Wildman–Crippen LogP) is 2.28. The van der Waals surface area contributed by atoms with Crippen molar-refractivity contribution >= 4 is 0 Å². The van der Waals surface area contributed by atoms with Crippen molar-refractivity contribution in [1.82, 2.24) is 0 Å². The number of hydrogen-bond donors (Lipinski definition) is 0. The molecule has 1 aliphatic carbocycles. The van der Waals surface area contributed by atoms with Gasteiger partial charge in [-0.1, -0.05) is 24.6 Å². The van der Waals surface area contributed by atoms with Crippen molar-refractivity contribution in [3.05, 3.63) is 23.3 Å². The summed E-state index contributed by atoms with van der Waals surface area (Å²) in [5.41, 5.74) is 2.90. The Bertz CT molecular complexity index is 127. The Labute approximate surface area is 44.5 Å². The van der Waals surface area contributed by atoms with Gasteiger partial charge in [0.05, 0.1) is 0 Å². The van der Waals surface area contributed by atoms with Crippen molar-refractivity contribution in [2.75, 3.05) is 0 Å². The van der Waals surface area contributed by atoms with Gasteiger partial charge in [-0.05, 0) is 18.9 Å². The first-order chi connectivity index (χ1) is 3.33. The van der Waals surface area contributed by atoms with Crippen LogP contribution in [-0.2, 0) is 0 Å². The van der Waals surface area contributed by atoms with Gasteiger partial charge in [0.1, 0.15) is 0 Å². The highest BCUT2D eigenvalue weighted by atomic mass is 14.0. The molecule has 0 heteroatoms. The van der Waals surface area contributed by atoms with Gasteiger partial charge in [-0.2, -0.15) is 0 Å². The van der Waals surface area contributed by atoms with Crippen molar-refractivity contribution < 1.29 is 0 Å². The molecule has 0 aliphatic heterocycles. The molecular weight excluding hydrogens is 84.1 g/mol. The van der Waals surface area contributed by atoms with Crippen LogP contribution in [0.3, 0.4) is 0 Å². The van der Waals surface area contributed by atoms with Crippen LogP contribution in [0.25, 0.3) is 0 Å².